The Labute approximate surface area is 121 Å². The molecule has 2 heterocycles. The van der Waals surface area contributed by atoms with Crippen molar-refractivity contribution in [3.8, 4) is 0 Å². The number of aliphatic imine (C=N–C) groups is 1. The fraction of sp³-hybridized carbons (Fsp3) is 0.562. The summed E-state index contributed by atoms with van der Waals surface area (Å²) in [5.74, 6) is 0. The Morgan fingerprint density at radius 2 is 1.95 bits per heavy atom. The van der Waals surface area contributed by atoms with Crippen LogP contribution in [-0.4, -0.2) is 25.6 Å². The van der Waals surface area contributed by atoms with Crippen molar-refractivity contribution in [3.63, 3.8) is 0 Å². The predicted octanol–water partition coefficient (Wildman–Crippen LogP) is 3.41. The highest BCUT2D eigenvalue weighted by molar-refractivity contribution is 7.61. The molecule has 0 unspecified atom stereocenters. The van der Waals surface area contributed by atoms with E-state index in [9.17, 15) is 4.57 Å². The number of rotatable bonds is 2. The molecule has 1 aromatic carbocycles. The second kappa shape index (κ2) is 4.82. The van der Waals surface area contributed by atoms with Crippen molar-refractivity contribution < 1.29 is 4.57 Å². The molecule has 2 aliphatic heterocycles. The highest BCUT2D eigenvalue weighted by Crippen LogP contribution is 2.48. The SMILES string of the molecule is CC1=Nc2c(CP(C)(C)=O)c(C)c3c(c2C1)CNCC3. The third-order valence-electron chi connectivity index (χ3n) is 4.33. The predicted molar refractivity (Wildman–Crippen MR) is 86.2 cm³/mol. The van der Waals surface area contributed by atoms with Crippen molar-refractivity contribution in [3.05, 3.63) is 27.8 Å². The zero-order valence-electron chi connectivity index (χ0n) is 12.8. The number of nitrogens with zero attached hydrogens (tertiary/aromatic N) is 1. The molecule has 0 saturated carbocycles. The first-order valence-electron chi connectivity index (χ1n) is 7.32. The van der Waals surface area contributed by atoms with E-state index in [-0.39, 0.29) is 0 Å². The van der Waals surface area contributed by atoms with Gasteiger partial charge in [-0.3, -0.25) is 4.99 Å². The van der Waals surface area contributed by atoms with Gasteiger partial charge in [-0.25, -0.2) is 0 Å². The first kappa shape index (κ1) is 14.0. The Hall–Kier alpha value is -0.920. The normalized spacial score (nSPS) is 17.7. The molecule has 108 valence electrons. The molecule has 0 bridgehead atoms. The van der Waals surface area contributed by atoms with E-state index < -0.39 is 7.14 Å². The first-order chi connectivity index (χ1) is 9.37. The molecule has 3 nitrogen and oxygen atoms in total. The van der Waals surface area contributed by atoms with Crippen LogP contribution < -0.4 is 5.32 Å². The highest BCUT2D eigenvalue weighted by Gasteiger charge is 2.27. The lowest BCUT2D eigenvalue weighted by Gasteiger charge is -2.25. The van der Waals surface area contributed by atoms with Crippen molar-refractivity contribution in [2.24, 2.45) is 4.99 Å². The summed E-state index contributed by atoms with van der Waals surface area (Å²) in [6, 6.07) is 0. The van der Waals surface area contributed by atoms with Crippen LogP contribution in [0.2, 0.25) is 0 Å². The Balaban J connectivity index is 2.23. The molecular weight excluding hydrogens is 267 g/mol. The number of fused-ring (bicyclic) bond motifs is 3. The number of hydrogen-bond acceptors (Lipinski definition) is 3. The largest absolute Gasteiger partial charge is 0.324 e. The van der Waals surface area contributed by atoms with Crippen molar-refractivity contribution in [2.45, 2.75) is 39.4 Å². The summed E-state index contributed by atoms with van der Waals surface area (Å²) in [4.78, 5) is 4.77. The van der Waals surface area contributed by atoms with E-state index in [0.717, 1.165) is 31.6 Å². The quantitative estimate of drug-likeness (QED) is 0.848. The van der Waals surface area contributed by atoms with Crippen LogP contribution in [0.3, 0.4) is 0 Å². The van der Waals surface area contributed by atoms with Gasteiger partial charge in [0.05, 0.1) is 12.8 Å². The van der Waals surface area contributed by atoms with Gasteiger partial charge in [0.2, 0.25) is 0 Å². The summed E-state index contributed by atoms with van der Waals surface area (Å²) in [7, 11) is -2.09. The minimum Gasteiger partial charge on any atom is -0.324 e. The minimum absolute atomic E-state index is 0.679. The summed E-state index contributed by atoms with van der Waals surface area (Å²) >= 11 is 0. The zero-order valence-corrected chi connectivity index (χ0v) is 13.7. The Kier molecular flexibility index (Phi) is 3.38. The van der Waals surface area contributed by atoms with Gasteiger partial charge in [-0.2, -0.15) is 0 Å². The van der Waals surface area contributed by atoms with E-state index in [1.807, 2.05) is 13.3 Å². The van der Waals surface area contributed by atoms with Gasteiger partial charge >= 0.3 is 0 Å². The van der Waals surface area contributed by atoms with Gasteiger partial charge in [0.25, 0.3) is 0 Å². The van der Waals surface area contributed by atoms with E-state index >= 15 is 0 Å². The van der Waals surface area contributed by atoms with Crippen molar-refractivity contribution in [1.82, 2.24) is 5.32 Å². The van der Waals surface area contributed by atoms with Gasteiger partial charge in [0, 0.05) is 24.8 Å². The van der Waals surface area contributed by atoms with Crippen LogP contribution in [0.25, 0.3) is 0 Å². The van der Waals surface area contributed by atoms with Gasteiger partial charge in [-0.15, -0.1) is 0 Å². The molecule has 0 spiro atoms. The third-order valence-corrected chi connectivity index (χ3v) is 5.41. The molecule has 0 atom stereocenters. The van der Waals surface area contributed by atoms with Gasteiger partial charge in [0.15, 0.2) is 0 Å². The molecule has 0 aliphatic carbocycles. The van der Waals surface area contributed by atoms with Gasteiger partial charge in [-0.1, -0.05) is 0 Å². The molecule has 0 amide bonds. The maximum Gasteiger partial charge on any atom is 0.0861 e. The lowest BCUT2D eigenvalue weighted by atomic mass is 9.87. The first-order valence-corrected chi connectivity index (χ1v) is 10.1. The van der Waals surface area contributed by atoms with Crippen LogP contribution >= 0.6 is 7.14 Å². The average Bonchev–Trinajstić information content (AvgIpc) is 2.75. The van der Waals surface area contributed by atoms with Crippen LogP contribution in [0.4, 0.5) is 5.69 Å². The fourth-order valence-corrected chi connectivity index (χ4v) is 4.61. The van der Waals surface area contributed by atoms with Gasteiger partial charge < -0.3 is 9.88 Å². The van der Waals surface area contributed by atoms with E-state index in [1.54, 1.807) is 0 Å². The van der Waals surface area contributed by atoms with Crippen molar-refractivity contribution in [2.75, 3.05) is 19.9 Å². The Morgan fingerprint density at radius 1 is 1.20 bits per heavy atom. The summed E-state index contributed by atoms with van der Waals surface area (Å²) < 4.78 is 12.3. The molecule has 4 heteroatoms. The van der Waals surface area contributed by atoms with E-state index in [1.165, 1.54) is 33.5 Å². The smallest absolute Gasteiger partial charge is 0.0861 e. The number of benzene rings is 1. The Morgan fingerprint density at radius 3 is 2.65 bits per heavy atom. The zero-order chi connectivity index (χ0) is 14.5. The molecule has 1 aromatic rings. The fourth-order valence-electron chi connectivity index (χ4n) is 3.46. The van der Waals surface area contributed by atoms with Crippen LogP contribution in [0, 0.1) is 6.92 Å². The molecule has 2 aliphatic rings. The maximum absolute atomic E-state index is 12.3. The van der Waals surface area contributed by atoms with Gasteiger partial charge in [-0.05, 0) is 68.0 Å². The minimum atomic E-state index is -2.09. The summed E-state index contributed by atoms with van der Waals surface area (Å²) in [6.45, 7) is 10.0. The lowest BCUT2D eigenvalue weighted by molar-refractivity contribution is 0.581. The molecule has 3 rings (SSSR count). The second-order valence-corrected chi connectivity index (χ2v) is 10.0. The number of hydrogen-bond donors (Lipinski definition) is 1. The highest BCUT2D eigenvalue weighted by atomic mass is 31.2. The van der Waals surface area contributed by atoms with Crippen LogP contribution in [0.1, 0.15) is 34.7 Å². The second-order valence-electron chi connectivity index (χ2n) is 6.57. The molecule has 0 aromatic heterocycles. The summed E-state index contributed by atoms with van der Waals surface area (Å²) in [5, 5.41) is 3.47. The van der Waals surface area contributed by atoms with E-state index in [2.05, 4.69) is 19.2 Å². The van der Waals surface area contributed by atoms with E-state index in [4.69, 9.17) is 4.99 Å². The molecule has 0 saturated heterocycles. The summed E-state index contributed by atoms with van der Waals surface area (Å²) in [6.07, 6.45) is 2.72. The van der Waals surface area contributed by atoms with Gasteiger partial charge in [0.1, 0.15) is 0 Å². The Bertz CT molecular complexity index is 655. The maximum atomic E-state index is 12.3. The monoisotopic (exact) mass is 290 g/mol. The molecule has 0 fully saturated rings. The molecule has 20 heavy (non-hydrogen) atoms. The van der Waals surface area contributed by atoms with E-state index in [0.29, 0.717) is 6.16 Å². The lowest BCUT2D eigenvalue weighted by Crippen LogP contribution is -2.26. The number of nitrogens with one attached hydrogen (secondary N) is 1. The van der Waals surface area contributed by atoms with Crippen LogP contribution in [-0.2, 0) is 30.1 Å². The summed E-state index contributed by atoms with van der Waals surface area (Å²) in [5.41, 5.74) is 9.21. The standard InChI is InChI=1S/C16H23N2OP/c1-10-7-13-14-8-17-6-5-12(14)11(2)15(16(13)18-10)9-20(3,4)19/h17H,5-9H2,1-4H3. The van der Waals surface area contributed by atoms with Crippen molar-refractivity contribution in [1.29, 1.82) is 0 Å². The molecular formula is C16H23N2OP. The van der Waals surface area contributed by atoms with Crippen LogP contribution in [0.15, 0.2) is 4.99 Å². The molecule has 1 N–H and O–H groups in total. The topological polar surface area (TPSA) is 41.5 Å². The molecule has 0 radical (unpaired) electrons. The average molecular weight is 290 g/mol. The van der Waals surface area contributed by atoms with Crippen molar-refractivity contribution >= 4 is 18.5 Å². The van der Waals surface area contributed by atoms with Crippen LogP contribution in [0.5, 0.6) is 0 Å². The third kappa shape index (κ3) is 2.38.